The van der Waals surface area contributed by atoms with E-state index in [2.05, 4.69) is 38.5 Å². The van der Waals surface area contributed by atoms with Crippen LogP contribution in [0.3, 0.4) is 0 Å². The van der Waals surface area contributed by atoms with Gasteiger partial charge >= 0.3 is 5.97 Å². The summed E-state index contributed by atoms with van der Waals surface area (Å²) in [4.78, 5) is 54.9. The van der Waals surface area contributed by atoms with Crippen LogP contribution < -0.4 is 21.7 Å². The van der Waals surface area contributed by atoms with Crippen LogP contribution in [0.4, 0.5) is 0 Å². The van der Waals surface area contributed by atoms with Gasteiger partial charge in [-0.1, -0.05) is 13.8 Å². The van der Waals surface area contributed by atoms with E-state index in [1.165, 1.54) is 19.4 Å². The fourth-order valence-corrected chi connectivity index (χ4v) is 2.50. The monoisotopic (exact) mass is 428 g/mol. The fraction of sp³-hybridized carbons (Fsp3) is 0.588. The Labute approximate surface area is 174 Å². The van der Waals surface area contributed by atoms with Gasteiger partial charge in [-0.25, -0.2) is 4.98 Å². The summed E-state index contributed by atoms with van der Waals surface area (Å²) in [7, 11) is 0. The molecule has 0 bridgehead atoms. The van der Waals surface area contributed by atoms with Gasteiger partial charge in [-0.2, -0.15) is 12.6 Å². The lowest BCUT2D eigenvalue weighted by molar-refractivity contribution is -0.141. The lowest BCUT2D eigenvalue weighted by Crippen LogP contribution is -2.58. The zero-order valence-corrected chi connectivity index (χ0v) is 17.4. The number of amides is 3. The quantitative estimate of drug-likeness (QED) is 0.208. The summed E-state index contributed by atoms with van der Waals surface area (Å²) in [6.45, 7) is 4.85. The van der Waals surface area contributed by atoms with E-state index in [1.807, 2.05) is 0 Å². The molecule has 7 N–H and O–H groups in total. The summed E-state index contributed by atoms with van der Waals surface area (Å²) in [6, 6.07) is -4.06. The van der Waals surface area contributed by atoms with Crippen LogP contribution in [0.25, 0.3) is 0 Å². The number of nitrogens with zero attached hydrogens (tertiary/aromatic N) is 1. The summed E-state index contributed by atoms with van der Waals surface area (Å²) in [6.07, 6.45) is 2.94. The van der Waals surface area contributed by atoms with Crippen molar-refractivity contribution in [1.29, 1.82) is 0 Å². The molecular weight excluding hydrogens is 400 g/mol. The molecule has 1 rings (SSSR count). The van der Waals surface area contributed by atoms with Crippen LogP contribution in [-0.2, 0) is 25.6 Å². The van der Waals surface area contributed by atoms with Crippen LogP contribution in [-0.4, -0.2) is 68.7 Å². The standard InChI is InChI=1S/C17H28N6O5S/c1-8(2)13(18)16(26)23-12(6-29)15(25)22-11(4-10-5-19-7-20-10)14(24)21-9(3)17(27)28/h5,7-9,11-13,29H,4,6,18H2,1-3H3,(H,19,20)(H,21,24)(H,22,25)(H,23,26)(H,27,28). The molecule has 0 spiro atoms. The molecule has 0 aliphatic carbocycles. The molecule has 0 saturated heterocycles. The van der Waals surface area contributed by atoms with Crippen molar-refractivity contribution in [2.45, 2.75) is 51.4 Å². The molecule has 0 radical (unpaired) electrons. The normalized spacial score (nSPS) is 15.1. The summed E-state index contributed by atoms with van der Waals surface area (Å²) in [5.74, 6) is -3.21. The van der Waals surface area contributed by atoms with E-state index in [-0.39, 0.29) is 18.1 Å². The molecule has 4 atom stereocenters. The zero-order valence-electron chi connectivity index (χ0n) is 16.5. The van der Waals surface area contributed by atoms with Crippen molar-refractivity contribution < 1.29 is 24.3 Å². The van der Waals surface area contributed by atoms with Crippen molar-refractivity contribution in [2.75, 3.05) is 5.75 Å². The highest BCUT2D eigenvalue weighted by Gasteiger charge is 2.29. The van der Waals surface area contributed by atoms with Gasteiger partial charge in [-0.05, 0) is 12.8 Å². The number of thiol groups is 1. The number of carbonyl (C=O) groups excluding carboxylic acids is 3. The Hall–Kier alpha value is -2.60. The number of nitrogens with two attached hydrogens (primary N) is 1. The second-order valence-corrected chi connectivity index (χ2v) is 7.29. The number of nitrogens with one attached hydrogen (secondary N) is 4. The second-order valence-electron chi connectivity index (χ2n) is 6.92. The van der Waals surface area contributed by atoms with Crippen LogP contribution in [0.2, 0.25) is 0 Å². The first-order valence-electron chi connectivity index (χ1n) is 9.04. The Balaban J connectivity index is 2.88. The number of aromatic amines is 1. The predicted octanol–water partition coefficient (Wildman–Crippen LogP) is -1.58. The minimum atomic E-state index is -1.21. The van der Waals surface area contributed by atoms with Gasteiger partial charge in [0.05, 0.1) is 12.4 Å². The highest BCUT2D eigenvalue weighted by Crippen LogP contribution is 2.03. The predicted molar refractivity (Wildman–Crippen MR) is 108 cm³/mol. The van der Waals surface area contributed by atoms with E-state index in [9.17, 15) is 19.2 Å². The molecule has 0 aliphatic heterocycles. The van der Waals surface area contributed by atoms with E-state index in [4.69, 9.17) is 10.8 Å². The minimum Gasteiger partial charge on any atom is -0.480 e. The lowest BCUT2D eigenvalue weighted by atomic mass is 10.0. The third kappa shape index (κ3) is 7.74. The second kappa shape index (κ2) is 11.4. The molecule has 0 fully saturated rings. The number of carboxylic acids is 1. The Kier molecular flexibility index (Phi) is 9.62. The number of aromatic nitrogens is 2. The van der Waals surface area contributed by atoms with Crippen LogP contribution in [0.5, 0.6) is 0 Å². The highest BCUT2D eigenvalue weighted by atomic mass is 32.1. The van der Waals surface area contributed by atoms with E-state index in [1.54, 1.807) is 13.8 Å². The Bertz CT molecular complexity index is 711. The van der Waals surface area contributed by atoms with Crippen LogP contribution in [0.1, 0.15) is 26.5 Å². The van der Waals surface area contributed by atoms with Crippen molar-refractivity contribution in [3.63, 3.8) is 0 Å². The fourth-order valence-electron chi connectivity index (χ4n) is 2.24. The number of hydrogen-bond acceptors (Lipinski definition) is 7. The number of carbonyl (C=O) groups is 4. The third-order valence-corrected chi connectivity index (χ3v) is 4.54. The molecule has 4 unspecified atom stereocenters. The number of imidazole rings is 1. The molecule has 0 saturated carbocycles. The van der Waals surface area contributed by atoms with E-state index < -0.39 is 47.9 Å². The SMILES string of the molecule is CC(NC(=O)C(Cc1cnc[nH]1)NC(=O)C(CS)NC(=O)C(N)C(C)C)C(=O)O. The lowest BCUT2D eigenvalue weighted by Gasteiger charge is -2.24. The van der Waals surface area contributed by atoms with Crippen molar-refractivity contribution in [2.24, 2.45) is 11.7 Å². The van der Waals surface area contributed by atoms with Crippen molar-refractivity contribution in [1.82, 2.24) is 25.9 Å². The van der Waals surface area contributed by atoms with Gasteiger partial charge in [0, 0.05) is 24.1 Å². The van der Waals surface area contributed by atoms with Gasteiger partial charge in [-0.15, -0.1) is 0 Å². The van der Waals surface area contributed by atoms with E-state index in [0.717, 1.165) is 0 Å². The molecule has 0 aliphatic rings. The van der Waals surface area contributed by atoms with Crippen LogP contribution in [0.15, 0.2) is 12.5 Å². The molecule has 11 nitrogen and oxygen atoms in total. The first-order chi connectivity index (χ1) is 13.6. The van der Waals surface area contributed by atoms with Gasteiger partial charge < -0.3 is 31.8 Å². The summed E-state index contributed by atoms with van der Waals surface area (Å²) in [5, 5.41) is 16.3. The number of hydrogen-bond donors (Lipinski definition) is 7. The largest absolute Gasteiger partial charge is 0.480 e. The smallest absolute Gasteiger partial charge is 0.325 e. The summed E-state index contributed by atoms with van der Waals surface area (Å²) < 4.78 is 0. The van der Waals surface area contributed by atoms with Crippen molar-refractivity contribution in [3.05, 3.63) is 18.2 Å². The Morgan fingerprint density at radius 1 is 1.10 bits per heavy atom. The van der Waals surface area contributed by atoms with Gasteiger partial charge in [0.25, 0.3) is 0 Å². The van der Waals surface area contributed by atoms with Gasteiger partial charge in [0.2, 0.25) is 17.7 Å². The van der Waals surface area contributed by atoms with Crippen molar-refractivity contribution >= 4 is 36.3 Å². The Morgan fingerprint density at radius 3 is 2.17 bits per heavy atom. The molecule has 0 aromatic carbocycles. The van der Waals surface area contributed by atoms with Gasteiger partial charge in [-0.3, -0.25) is 19.2 Å². The molecule has 162 valence electrons. The molecular formula is C17H28N6O5S. The molecule has 1 heterocycles. The number of aliphatic carboxylic acids is 1. The molecule has 29 heavy (non-hydrogen) atoms. The van der Waals surface area contributed by atoms with Crippen LogP contribution in [0, 0.1) is 5.92 Å². The molecule has 1 aromatic heterocycles. The van der Waals surface area contributed by atoms with Gasteiger partial charge in [0.15, 0.2) is 0 Å². The minimum absolute atomic E-state index is 0.0215. The summed E-state index contributed by atoms with van der Waals surface area (Å²) in [5.41, 5.74) is 6.34. The first-order valence-corrected chi connectivity index (χ1v) is 9.67. The number of carboxylic acid groups (broad SMARTS) is 1. The van der Waals surface area contributed by atoms with E-state index in [0.29, 0.717) is 5.69 Å². The van der Waals surface area contributed by atoms with Crippen molar-refractivity contribution in [3.8, 4) is 0 Å². The average molecular weight is 429 g/mol. The summed E-state index contributed by atoms with van der Waals surface area (Å²) >= 11 is 4.08. The topological polar surface area (TPSA) is 179 Å². The maximum Gasteiger partial charge on any atom is 0.325 e. The number of H-pyrrole nitrogens is 1. The van der Waals surface area contributed by atoms with Crippen LogP contribution >= 0.6 is 12.6 Å². The number of rotatable bonds is 11. The Morgan fingerprint density at radius 2 is 1.69 bits per heavy atom. The molecule has 3 amide bonds. The zero-order chi connectivity index (χ0) is 22.1. The molecule has 12 heteroatoms. The molecule has 1 aromatic rings. The average Bonchev–Trinajstić information content (AvgIpc) is 3.17. The maximum atomic E-state index is 12.6. The first kappa shape index (κ1) is 24.4. The highest BCUT2D eigenvalue weighted by molar-refractivity contribution is 7.80. The third-order valence-electron chi connectivity index (χ3n) is 4.18. The van der Waals surface area contributed by atoms with Gasteiger partial charge in [0.1, 0.15) is 18.1 Å². The van der Waals surface area contributed by atoms with E-state index >= 15 is 0 Å². The maximum absolute atomic E-state index is 12.6.